The van der Waals surface area contributed by atoms with Gasteiger partial charge in [-0.05, 0) is 25.5 Å². The second kappa shape index (κ2) is 10.4. The van der Waals surface area contributed by atoms with Gasteiger partial charge in [0.25, 0.3) is 0 Å². The quantitative estimate of drug-likeness (QED) is 0.487. The Labute approximate surface area is 193 Å². The first kappa shape index (κ1) is 22.7. The molecule has 0 radical (unpaired) electrons. The van der Waals surface area contributed by atoms with Gasteiger partial charge < -0.3 is 14.5 Å². The third-order valence-corrected chi connectivity index (χ3v) is 5.71. The third kappa shape index (κ3) is 5.13. The molecule has 1 amide bonds. The zero-order chi connectivity index (χ0) is 23.2. The summed E-state index contributed by atoms with van der Waals surface area (Å²) in [6, 6.07) is 9.96. The van der Waals surface area contributed by atoms with Gasteiger partial charge in [-0.25, -0.2) is 14.6 Å². The van der Waals surface area contributed by atoms with Crippen molar-refractivity contribution in [3.05, 3.63) is 42.4 Å². The van der Waals surface area contributed by atoms with E-state index in [0.717, 1.165) is 41.2 Å². The molecule has 174 valence electrons. The molecule has 9 heteroatoms. The summed E-state index contributed by atoms with van der Waals surface area (Å²) in [5.41, 5.74) is 1.75. The highest BCUT2D eigenvalue weighted by Gasteiger charge is 2.25. The molecule has 0 saturated carbocycles. The Balaban J connectivity index is 1.52. The molecule has 1 fully saturated rings. The molecule has 3 aromatic rings. The lowest BCUT2D eigenvalue weighted by molar-refractivity contribution is -0.145. The minimum Gasteiger partial charge on any atom is -0.466 e. The van der Waals surface area contributed by atoms with Crippen molar-refractivity contribution in [1.82, 2.24) is 24.6 Å². The first-order valence-corrected chi connectivity index (χ1v) is 11.6. The lowest BCUT2D eigenvalue weighted by Gasteiger charge is -2.35. The van der Waals surface area contributed by atoms with E-state index < -0.39 is 0 Å². The summed E-state index contributed by atoms with van der Waals surface area (Å²) < 4.78 is 6.78. The summed E-state index contributed by atoms with van der Waals surface area (Å²) in [6.45, 7) is 6.71. The van der Waals surface area contributed by atoms with E-state index in [1.165, 1.54) is 0 Å². The second-order valence-electron chi connectivity index (χ2n) is 8.02. The number of hydrogen-bond acceptors (Lipinski definition) is 7. The average Bonchev–Trinajstić information content (AvgIpc) is 3.27. The molecule has 1 aromatic carbocycles. The summed E-state index contributed by atoms with van der Waals surface area (Å²) in [6.07, 6.45) is 3.87. The first-order chi connectivity index (χ1) is 16.1. The number of amides is 1. The third-order valence-electron chi connectivity index (χ3n) is 5.71. The highest BCUT2D eigenvalue weighted by molar-refractivity contribution is 5.88. The predicted molar refractivity (Wildman–Crippen MR) is 125 cm³/mol. The summed E-state index contributed by atoms with van der Waals surface area (Å²) in [5.74, 6) is 1.32. The number of para-hydroxylation sites is 1. The van der Waals surface area contributed by atoms with Crippen LogP contribution in [0.1, 0.15) is 38.9 Å². The number of benzene rings is 1. The number of esters is 1. The molecule has 3 heterocycles. The van der Waals surface area contributed by atoms with Crippen LogP contribution in [0.2, 0.25) is 0 Å². The number of carbonyl (C=O) groups excluding carboxylic acids is 2. The lowest BCUT2D eigenvalue weighted by atomic mass is 10.2. The van der Waals surface area contributed by atoms with Crippen LogP contribution in [-0.2, 0) is 20.7 Å². The Kier molecular flexibility index (Phi) is 7.16. The topological polar surface area (TPSA) is 93.5 Å². The molecule has 2 aromatic heterocycles. The van der Waals surface area contributed by atoms with E-state index in [4.69, 9.17) is 14.7 Å². The monoisotopic (exact) mass is 450 g/mol. The fourth-order valence-corrected chi connectivity index (χ4v) is 4.04. The van der Waals surface area contributed by atoms with Crippen LogP contribution >= 0.6 is 0 Å². The van der Waals surface area contributed by atoms with Crippen molar-refractivity contribution >= 4 is 28.7 Å². The summed E-state index contributed by atoms with van der Waals surface area (Å²) in [7, 11) is 0. The molecule has 0 aliphatic carbocycles. The van der Waals surface area contributed by atoms with Gasteiger partial charge in [0.2, 0.25) is 5.91 Å². The molecule has 0 unspecified atom stereocenters. The average molecular weight is 451 g/mol. The van der Waals surface area contributed by atoms with Gasteiger partial charge in [-0.3, -0.25) is 9.59 Å². The molecule has 0 N–H and O–H groups in total. The maximum Gasteiger partial charge on any atom is 0.306 e. The number of carbonyl (C=O) groups is 2. The number of aryl methyl sites for hydroxylation is 1. The molecule has 4 rings (SSSR count). The Morgan fingerprint density at radius 1 is 1.00 bits per heavy atom. The van der Waals surface area contributed by atoms with Crippen molar-refractivity contribution in [1.29, 1.82) is 0 Å². The molecule has 1 aliphatic rings. The second-order valence-corrected chi connectivity index (χ2v) is 8.02. The molecule has 0 spiro atoms. The minimum atomic E-state index is -0.327. The van der Waals surface area contributed by atoms with E-state index >= 15 is 0 Å². The van der Waals surface area contributed by atoms with Gasteiger partial charge in [-0.1, -0.05) is 25.1 Å². The molecule has 1 saturated heterocycles. The molecule has 33 heavy (non-hydrogen) atoms. The van der Waals surface area contributed by atoms with Crippen molar-refractivity contribution in [3.8, 4) is 5.69 Å². The molecule has 1 aliphatic heterocycles. The number of hydrogen-bond donors (Lipinski definition) is 0. The number of aromatic nitrogens is 4. The first-order valence-electron chi connectivity index (χ1n) is 11.6. The Morgan fingerprint density at radius 2 is 1.76 bits per heavy atom. The van der Waals surface area contributed by atoms with Crippen LogP contribution < -0.4 is 4.90 Å². The number of ether oxygens (including phenoxy) is 1. The van der Waals surface area contributed by atoms with Gasteiger partial charge in [-0.15, -0.1) is 0 Å². The summed E-state index contributed by atoms with van der Waals surface area (Å²) in [5, 5.41) is 5.50. The van der Waals surface area contributed by atoms with E-state index in [-0.39, 0.29) is 24.7 Å². The summed E-state index contributed by atoms with van der Waals surface area (Å²) in [4.78, 5) is 37.8. The summed E-state index contributed by atoms with van der Waals surface area (Å²) >= 11 is 0. The van der Waals surface area contributed by atoms with Crippen LogP contribution in [0.15, 0.2) is 36.5 Å². The van der Waals surface area contributed by atoms with E-state index in [1.807, 2.05) is 46.1 Å². The number of piperazine rings is 1. The van der Waals surface area contributed by atoms with Crippen molar-refractivity contribution in [3.63, 3.8) is 0 Å². The van der Waals surface area contributed by atoms with Gasteiger partial charge in [0, 0.05) is 39.0 Å². The zero-order valence-electron chi connectivity index (χ0n) is 19.2. The van der Waals surface area contributed by atoms with Crippen LogP contribution in [0.3, 0.4) is 0 Å². The highest BCUT2D eigenvalue weighted by atomic mass is 16.5. The predicted octanol–water partition coefficient (Wildman–Crippen LogP) is 2.76. The molecule has 0 bridgehead atoms. The van der Waals surface area contributed by atoms with Crippen LogP contribution in [0.5, 0.6) is 0 Å². The van der Waals surface area contributed by atoms with Crippen LogP contribution in [-0.4, -0.2) is 69.3 Å². The SMILES string of the molecule is CCCc1nc(N2CCN(C(=O)CCC(=O)OCC)CC2)c2cnn(-c3ccccc3)c2n1. The Bertz CT molecular complexity index is 1110. The van der Waals surface area contributed by atoms with Gasteiger partial charge in [0.15, 0.2) is 5.65 Å². The van der Waals surface area contributed by atoms with E-state index in [1.54, 1.807) is 6.92 Å². The van der Waals surface area contributed by atoms with Crippen molar-refractivity contribution in [2.45, 2.75) is 39.5 Å². The van der Waals surface area contributed by atoms with Crippen molar-refractivity contribution < 1.29 is 14.3 Å². The van der Waals surface area contributed by atoms with Gasteiger partial charge in [0.05, 0.1) is 30.3 Å². The highest BCUT2D eigenvalue weighted by Crippen LogP contribution is 2.27. The fraction of sp³-hybridized carbons (Fsp3) is 0.458. The van der Waals surface area contributed by atoms with E-state index in [9.17, 15) is 9.59 Å². The smallest absolute Gasteiger partial charge is 0.306 e. The van der Waals surface area contributed by atoms with Crippen LogP contribution in [0, 0.1) is 0 Å². The molecular weight excluding hydrogens is 420 g/mol. The molecule has 9 nitrogen and oxygen atoms in total. The van der Waals surface area contributed by atoms with Crippen LogP contribution in [0.25, 0.3) is 16.7 Å². The van der Waals surface area contributed by atoms with Crippen molar-refractivity contribution in [2.24, 2.45) is 0 Å². The number of fused-ring (bicyclic) bond motifs is 1. The standard InChI is InChI=1S/C24H30N6O3/c1-3-8-20-26-23(19-17-25-30(24(19)27-20)18-9-6-5-7-10-18)29-15-13-28(14-16-29)21(31)11-12-22(32)33-4-2/h5-7,9-10,17H,3-4,8,11-16H2,1-2H3. The van der Waals surface area contributed by atoms with Crippen molar-refractivity contribution in [2.75, 3.05) is 37.7 Å². The van der Waals surface area contributed by atoms with E-state index in [0.29, 0.717) is 32.8 Å². The normalized spacial score (nSPS) is 14.0. The Morgan fingerprint density at radius 3 is 2.45 bits per heavy atom. The minimum absolute atomic E-state index is 0.0147. The zero-order valence-corrected chi connectivity index (χ0v) is 19.2. The fourth-order valence-electron chi connectivity index (χ4n) is 4.04. The van der Waals surface area contributed by atoms with Crippen LogP contribution in [0.4, 0.5) is 5.82 Å². The number of nitrogens with zero attached hydrogens (tertiary/aromatic N) is 6. The molecule has 0 atom stereocenters. The maximum absolute atomic E-state index is 12.5. The van der Waals surface area contributed by atoms with Gasteiger partial charge >= 0.3 is 5.97 Å². The van der Waals surface area contributed by atoms with Gasteiger partial charge in [0.1, 0.15) is 11.6 Å². The lowest BCUT2D eigenvalue weighted by Crippen LogP contribution is -2.49. The van der Waals surface area contributed by atoms with E-state index in [2.05, 4.69) is 16.9 Å². The number of anilines is 1. The largest absolute Gasteiger partial charge is 0.466 e. The van der Waals surface area contributed by atoms with Gasteiger partial charge in [-0.2, -0.15) is 5.10 Å². The molecular formula is C24H30N6O3. The maximum atomic E-state index is 12.5. The Hall–Kier alpha value is -3.49. The number of rotatable bonds is 8.